The van der Waals surface area contributed by atoms with Gasteiger partial charge in [-0.3, -0.25) is 4.79 Å². The summed E-state index contributed by atoms with van der Waals surface area (Å²) >= 11 is 0. The van der Waals surface area contributed by atoms with E-state index in [1.165, 1.54) is 10.9 Å². The van der Waals surface area contributed by atoms with Crippen LogP contribution in [0.15, 0.2) is 11.8 Å². The lowest BCUT2D eigenvalue weighted by molar-refractivity contribution is 0.0941. The summed E-state index contributed by atoms with van der Waals surface area (Å²) in [6, 6.07) is 1.90. The number of carbonyl (C=O) groups is 1. The molecule has 1 heterocycles. The van der Waals surface area contributed by atoms with Crippen LogP contribution in [-0.2, 0) is 0 Å². The van der Waals surface area contributed by atoms with Gasteiger partial charge < -0.3 is 4.90 Å². The van der Waals surface area contributed by atoms with Crippen molar-refractivity contribution in [3.8, 4) is 6.07 Å². The van der Waals surface area contributed by atoms with Crippen molar-refractivity contribution in [3.63, 3.8) is 0 Å². The van der Waals surface area contributed by atoms with Gasteiger partial charge in [-0.25, -0.2) is 0 Å². The van der Waals surface area contributed by atoms with Crippen LogP contribution < -0.4 is 0 Å². The minimum Gasteiger partial charge on any atom is -0.382 e. The normalized spacial score (nSPS) is 11.2. The Morgan fingerprint density at radius 3 is 2.35 bits per heavy atom. The molecule has 1 aromatic rings. The van der Waals surface area contributed by atoms with Crippen LogP contribution >= 0.6 is 0 Å². The first-order chi connectivity index (χ1) is 7.88. The van der Waals surface area contributed by atoms with Gasteiger partial charge in [0.05, 0.1) is 5.69 Å². The molecule has 0 bridgehead atoms. The van der Waals surface area contributed by atoms with Gasteiger partial charge in [0.25, 0.3) is 5.91 Å². The molecule has 0 aromatic carbocycles. The summed E-state index contributed by atoms with van der Waals surface area (Å²) in [5.74, 6) is -0.394. The van der Waals surface area contributed by atoms with Crippen molar-refractivity contribution in [1.29, 1.82) is 5.26 Å². The lowest BCUT2D eigenvalue weighted by atomic mass is 10.2. The van der Waals surface area contributed by atoms with Gasteiger partial charge in [0.2, 0.25) is 0 Å². The molecular weight excluding hydrogens is 216 g/mol. The van der Waals surface area contributed by atoms with E-state index in [1.54, 1.807) is 19.0 Å². The molecule has 0 amide bonds. The number of rotatable bonds is 2. The molecule has 1 rings (SSSR count). The van der Waals surface area contributed by atoms with Crippen molar-refractivity contribution in [2.75, 3.05) is 14.1 Å². The fourth-order valence-electron chi connectivity index (χ4n) is 1.42. The molecule has 0 spiro atoms. The molecule has 0 saturated carbocycles. The Balaban J connectivity index is 3.21. The maximum absolute atomic E-state index is 12.1. The standard InChI is InChI=1S/C12H16N4O/c1-8-9(2)14-16(10(8)3)12(17)11(6-13)7-15(4)5/h7H,1-5H3/b11-7+. The molecule has 5 heteroatoms. The summed E-state index contributed by atoms with van der Waals surface area (Å²) in [5, 5.41) is 13.1. The lowest BCUT2D eigenvalue weighted by Crippen LogP contribution is -2.18. The molecule has 0 radical (unpaired) electrons. The second-order valence-corrected chi connectivity index (χ2v) is 4.13. The molecule has 5 nitrogen and oxygen atoms in total. The Morgan fingerprint density at radius 1 is 1.41 bits per heavy atom. The predicted octanol–water partition coefficient (Wildman–Crippen LogP) is 1.42. The molecule has 0 unspecified atom stereocenters. The van der Waals surface area contributed by atoms with Crippen LogP contribution in [0.1, 0.15) is 21.7 Å². The first-order valence-electron chi connectivity index (χ1n) is 5.24. The van der Waals surface area contributed by atoms with Crippen molar-refractivity contribution in [3.05, 3.63) is 28.7 Å². The van der Waals surface area contributed by atoms with Crippen molar-refractivity contribution in [2.24, 2.45) is 0 Å². The highest BCUT2D eigenvalue weighted by atomic mass is 16.2. The van der Waals surface area contributed by atoms with Gasteiger partial charge in [0.1, 0.15) is 11.6 Å². The van der Waals surface area contributed by atoms with Crippen LogP contribution in [0.4, 0.5) is 0 Å². The largest absolute Gasteiger partial charge is 0.382 e. The van der Waals surface area contributed by atoms with Gasteiger partial charge >= 0.3 is 0 Å². The number of aryl methyl sites for hydroxylation is 1. The van der Waals surface area contributed by atoms with Gasteiger partial charge in [-0.2, -0.15) is 15.0 Å². The van der Waals surface area contributed by atoms with E-state index in [0.29, 0.717) is 0 Å². The highest BCUT2D eigenvalue weighted by Gasteiger charge is 2.17. The number of nitrogens with zero attached hydrogens (tertiary/aromatic N) is 4. The third-order valence-corrected chi connectivity index (χ3v) is 2.58. The van der Waals surface area contributed by atoms with Crippen molar-refractivity contribution in [2.45, 2.75) is 20.8 Å². The van der Waals surface area contributed by atoms with Crippen LogP contribution in [0.25, 0.3) is 0 Å². The first kappa shape index (κ1) is 13.0. The van der Waals surface area contributed by atoms with Crippen LogP contribution in [0.5, 0.6) is 0 Å². The maximum atomic E-state index is 12.1. The molecule has 0 aliphatic rings. The van der Waals surface area contributed by atoms with Gasteiger partial charge in [0, 0.05) is 26.0 Å². The summed E-state index contributed by atoms with van der Waals surface area (Å²) < 4.78 is 1.28. The van der Waals surface area contributed by atoms with E-state index < -0.39 is 5.91 Å². The summed E-state index contributed by atoms with van der Waals surface area (Å²) in [5.41, 5.74) is 2.62. The van der Waals surface area contributed by atoms with Crippen molar-refractivity contribution >= 4 is 5.91 Å². The van der Waals surface area contributed by atoms with Crippen LogP contribution in [0, 0.1) is 32.1 Å². The number of aromatic nitrogens is 2. The number of carbonyl (C=O) groups excluding carboxylic acids is 1. The topological polar surface area (TPSA) is 61.9 Å². The molecule has 0 aliphatic heterocycles. The molecule has 0 atom stereocenters. The highest BCUT2D eigenvalue weighted by Crippen LogP contribution is 2.12. The van der Waals surface area contributed by atoms with Gasteiger partial charge in [-0.05, 0) is 26.3 Å². The summed E-state index contributed by atoms with van der Waals surface area (Å²) in [7, 11) is 3.52. The fourth-order valence-corrected chi connectivity index (χ4v) is 1.42. The zero-order valence-electron chi connectivity index (χ0n) is 10.8. The van der Waals surface area contributed by atoms with E-state index in [-0.39, 0.29) is 5.57 Å². The Hall–Kier alpha value is -2.09. The number of hydrogen-bond acceptors (Lipinski definition) is 4. The van der Waals surface area contributed by atoms with E-state index in [4.69, 9.17) is 5.26 Å². The average molecular weight is 232 g/mol. The van der Waals surface area contributed by atoms with Crippen LogP contribution in [0.3, 0.4) is 0 Å². The van der Waals surface area contributed by atoms with Crippen molar-refractivity contribution < 1.29 is 4.79 Å². The number of allylic oxidation sites excluding steroid dienone is 1. The molecule has 0 saturated heterocycles. The predicted molar refractivity (Wildman–Crippen MR) is 64.4 cm³/mol. The van der Waals surface area contributed by atoms with Gasteiger partial charge in [-0.15, -0.1) is 0 Å². The van der Waals surface area contributed by atoms with E-state index in [0.717, 1.165) is 17.0 Å². The number of nitriles is 1. The molecule has 90 valence electrons. The Kier molecular flexibility index (Phi) is 3.69. The summed E-state index contributed by atoms with van der Waals surface area (Å²) in [6.45, 7) is 5.56. The van der Waals surface area contributed by atoms with Gasteiger partial charge in [0.15, 0.2) is 0 Å². The Morgan fingerprint density at radius 2 is 2.00 bits per heavy atom. The smallest absolute Gasteiger partial charge is 0.290 e. The number of hydrogen-bond donors (Lipinski definition) is 0. The molecular formula is C12H16N4O. The van der Waals surface area contributed by atoms with Crippen LogP contribution in [0.2, 0.25) is 0 Å². The van der Waals surface area contributed by atoms with E-state index in [9.17, 15) is 4.79 Å². The summed E-state index contributed by atoms with van der Waals surface area (Å²) in [4.78, 5) is 13.7. The zero-order valence-corrected chi connectivity index (χ0v) is 10.8. The quantitative estimate of drug-likeness (QED) is 0.571. The van der Waals surface area contributed by atoms with E-state index in [2.05, 4.69) is 5.10 Å². The first-order valence-corrected chi connectivity index (χ1v) is 5.24. The van der Waals surface area contributed by atoms with Crippen LogP contribution in [-0.4, -0.2) is 34.7 Å². The van der Waals surface area contributed by atoms with E-state index >= 15 is 0 Å². The molecule has 0 fully saturated rings. The minimum atomic E-state index is -0.394. The molecule has 1 aromatic heterocycles. The van der Waals surface area contributed by atoms with E-state index in [1.807, 2.05) is 26.8 Å². The second-order valence-electron chi connectivity index (χ2n) is 4.13. The maximum Gasteiger partial charge on any atom is 0.290 e. The Bertz CT molecular complexity index is 517. The Labute approximate surface area is 101 Å². The minimum absolute atomic E-state index is 0.0700. The monoisotopic (exact) mass is 232 g/mol. The molecule has 0 N–H and O–H groups in total. The highest BCUT2D eigenvalue weighted by molar-refractivity contribution is 5.98. The van der Waals surface area contributed by atoms with Gasteiger partial charge in [-0.1, -0.05) is 0 Å². The SMILES string of the molecule is Cc1nn(C(=O)/C(C#N)=C/N(C)C)c(C)c1C. The van der Waals surface area contributed by atoms with Crippen molar-refractivity contribution in [1.82, 2.24) is 14.7 Å². The fraction of sp³-hybridized carbons (Fsp3) is 0.417. The third-order valence-electron chi connectivity index (χ3n) is 2.58. The third kappa shape index (κ3) is 2.53. The summed E-state index contributed by atoms with van der Waals surface area (Å²) in [6.07, 6.45) is 1.49. The zero-order chi connectivity index (χ0) is 13.2. The lowest BCUT2D eigenvalue weighted by Gasteiger charge is -2.06. The molecule has 0 aliphatic carbocycles. The second kappa shape index (κ2) is 4.83. The molecule has 17 heavy (non-hydrogen) atoms. The average Bonchev–Trinajstić information content (AvgIpc) is 2.52.